The second kappa shape index (κ2) is 10.2. The second-order valence-corrected chi connectivity index (χ2v) is 9.59. The maximum Gasteiger partial charge on any atom is 0.330 e. The van der Waals surface area contributed by atoms with Gasteiger partial charge in [0.15, 0.2) is 6.61 Å². The molecule has 0 saturated carbocycles. The van der Waals surface area contributed by atoms with E-state index in [4.69, 9.17) is 16.3 Å². The second-order valence-electron chi connectivity index (χ2n) is 7.79. The van der Waals surface area contributed by atoms with Crippen molar-refractivity contribution in [1.29, 1.82) is 0 Å². The SMILES string of the molecule is CN(Cc1ccc(Cl)s1)C(=O)COC(=O)[C@H](Cc1ccccc1)N1C(=O)c2ccccc2C1=O. The van der Waals surface area contributed by atoms with Crippen molar-refractivity contribution in [2.45, 2.75) is 19.0 Å². The minimum absolute atomic E-state index is 0.0723. The van der Waals surface area contributed by atoms with Crippen LogP contribution in [0, 0.1) is 0 Å². The molecule has 4 rings (SSSR count). The highest BCUT2D eigenvalue weighted by molar-refractivity contribution is 7.16. The molecule has 1 aliphatic rings. The normalized spacial score (nSPS) is 13.5. The minimum atomic E-state index is -1.20. The Bertz CT molecular complexity index is 1210. The number of carbonyl (C=O) groups is 4. The molecule has 2 aromatic carbocycles. The number of esters is 1. The number of hydrogen-bond acceptors (Lipinski definition) is 6. The number of likely N-dealkylation sites (N-methyl/N-ethyl adjacent to an activating group) is 1. The van der Waals surface area contributed by atoms with E-state index in [0.29, 0.717) is 10.9 Å². The van der Waals surface area contributed by atoms with E-state index < -0.39 is 36.3 Å². The Morgan fingerprint density at radius 2 is 1.59 bits per heavy atom. The zero-order chi connectivity index (χ0) is 24.2. The van der Waals surface area contributed by atoms with E-state index in [1.807, 2.05) is 12.1 Å². The summed E-state index contributed by atoms with van der Waals surface area (Å²) in [6.45, 7) is -0.192. The fourth-order valence-electron chi connectivity index (χ4n) is 3.71. The first-order valence-corrected chi connectivity index (χ1v) is 11.7. The van der Waals surface area contributed by atoms with Crippen LogP contribution in [-0.2, 0) is 27.3 Å². The lowest BCUT2D eigenvalue weighted by Gasteiger charge is -2.25. The van der Waals surface area contributed by atoms with Crippen LogP contribution < -0.4 is 0 Å². The molecule has 34 heavy (non-hydrogen) atoms. The molecular weight excluding hydrogens is 476 g/mol. The summed E-state index contributed by atoms with van der Waals surface area (Å²) in [4.78, 5) is 54.9. The van der Waals surface area contributed by atoms with Gasteiger partial charge in [-0.05, 0) is 29.8 Å². The van der Waals surface area contributed by atoms with Gasteiger partial charge in [0.25, 0.3) is 17.7 Å². The zero-order valence-corrected chi connectivity index (χ0v) is 19.8. The first kappa shape index (κ1) is 23.7. The average Bonchev–Trinajstić information content (AvgIpc) is 3.36. The molecule has 1 aromatic heterocycles. The van der Waals surface area contributed by atoms with Crippen LogP contribution in [0.5, 0.6) is 0 Å². The van der Waals surface area contributed by atoms with Gasteiger partial charge in [-0.25, -0.2) is 4.79 Å². The number of amides is 3. The Kier molecular flexibility index (Phi) is 7.09. The van der Waals surface area contributed by atoms with Gasteiger partial charge < -0.3 is 9.64 Å². The van der Waals surface area contributed by atoms with Crippen LogP contribution in [0.15, 0.2) is 66.7 Å². The molecule has 0 unspecified atom stereocenters. The maximum atomic E-state index is 13.1. The van der Waals surface area contributed by atoms with Crippen LogP contribution in [0.2, 0.25) is 4.34 Å². The molecular formula is C25H21ClN2O5S. The van der Waals surface area contributed by atoms with Crippen molar-refractivity contribution in [2.75, 3.05) is 13.7 Å². The minimum Gasteiger partial charge on any atom is -0.454 e. The predicted molar refractivity (Wildman–Crippen MR) is 128 cm³/mol. The fourth-order valence-corrected chi connectivity index (χ4v) is 4.85. The molecule has 0 bridgehead atoms. The van der Waals surface area contributed by atoms with E-state index in [9.17, 15) is 19.2 Å². The molecule has 0 fully saturated rings. The van der Waals surface area contributed by atoms with E-state index in [1.165, 1.54) is 16.2 Å². The summed E-state index contributed by atoms with van der Waals surface area (Å²) in [5.41, 5.74) is 1.23. The number of thiophene rings is 1. The molecule has 0 radical (unpaired) electrons. The average molecular weight is 497 g/mol. The summed E-state index contributed by atoms with van der Waals surface area (Å²) in [6, 6.07) is 17.8. The Morgan fingerprint density at radius 1 is 0.971 bits per heavy atom. The lowest BCUT2D eigenvalue weighted by atomic mass is 10.0. The number of halogens is 1. The van der Waals surface area contributed by atoms with E-state index in [0.717, 1.165) is 15.3 Å². The molecule has 2 heterocycles. The number of carbonyl (C=O) groups excluding carboxylic acids is 4. The Balaban J connectivity index is 1.49. The van der Waals surface area contributed by atoms with Crippen LogP contribution >= 0.6 is 22.9 Å². The van der Waals surface area contributed by atoms with Crippen molar-refractivity contribution in [3.05, 3.63) is 92.6 Å². The third-order valence-corrected chi connectivity index (χ3v) is 6.68. The summed E-state index contributed by atoms with van der Waals surface area (Å²) in [7, 11) is 1.59. The summed E-state index contributed by atoms with van der Waals surface area (Å²) in [6.07, 6.45) is 0.0723. The van der Waals surface area contributed by atoms with Crippen molar-refractivity contribution in [3.63, 3.8) is 0 Å². The number of benzene rings is 2. The van der Waals surface area contributed by atoms with Crippen LogP contribution in [0.4, 0.5) is 0 Å². The van der Waals surface area contributed by atoms with Gasteiger partial charge in [0.05, 0.1) is 22.0 Å². The molecule has 0 aliphatic carbocycles. The van der Waals surface area contributed by atoms with Gasteiger partial charge in [-0.15, -0.1) is 11.3 Å². The maximum absolute atomic E-state index is 13.1. The summed E-state index contributed by atoms with van der Waals surface area (Å²) in [5.74, 6) is -2.36. The Morgan fingerprint density at radius 3 is 2.18 bits per heavy atom. The highest BCUT2D eigenvalue weighted by Crippen LogP contribution is 2.27. The van der Waals surface area contributed by atoms with Gasteiger partial charge >= 0.3 is 5.97 Å². The first-order chi connectivity index (χ1) is 16.3. The number of imide groups is 1. The van der Waals surface area contributed by atoms with Crippen molar-refractivity contribution < 1.29 is 23.9 Å². The Labute approximate surface area is 205 Å². The summed E-state index contributed by atoms with van der Waals surface area (Å²) < 4.78 is 5.93. The molecule has 3 amide bonds. The van der Waals surface area contributed by atoms with Gasteiger partial charge in [-0.2, -0.15) is 0 Å². The van der Waals surface area contributed by atoms with Crippen molar-refractivity contribution >= 4 is 46.6 Å². The Hall–Kier alpha value is -3.49. The standard InChI is InChI=1S/C25H21ClN2O5S/c1-27(14-17-11-12-21(26)34-17)22(29)15-33-25(32)20(13-16-7-3-2-4-8-16)28-23(30)18-9-5-6-10-19(18)24(28)31/h2-12,20H,13-15H2,1H3/t20-/m0/s1. The third-order valence-electron chi connectivity index (χ3n) is 5.47. The van der Waals surface area contributed by atoms with Gasteiger partial charge in [-0.1, -0.05) is 54.1 Å². The molecule has 0 saturated heterocycles. The molecule has 0 spiro atoms. The molecule has 1 atom stereocenters. The van der Waals surface area contributed by atoms with Gasteiger partial charge in [0.2, 0.25) is 0 Å². The lowest BCUT2D eigenvalue weighted by Crippen LogP contribution is -2.47. The van der Waals surface area contributed by atoms with Crippen molar-refractivity contribution in [2.24, 2.45) is 0 Å². The summed E-state index contributed by atoms with van der Waals surface area (Å²) in [5, 5.41) is 0. The van der Waals surface area contributed by atoms with Gasteiger partial charge in [0.1, 0.15) is 6.04 Å². The molecule has 1 aliphatic heterocycles. The van der Waals surface area contributed by atoms with Crippen molar-refractivity contribution in [3.8, 4) is 0 Å². The van der Waals surface area contributed by atoms with E-state index in [1.54, 1.807) is 61.6 Å². The van der Waals surface area contributed by atoms with Gasteiger partial charge in [-0.3, -0.25) is 19.3 Å². The third kappa shape index (κ3) is 5.03. The van der Waals surface area contributed by atoms with Crippen LogP contribution in [-0.4, -0.2) is 53.2 Å². The number of ether oxygens (including phenoxy) is 1. The van der Waals surface area contributed by atoms with Crippen LogP contribution in [0.1, 0.15) is 31.2 Å². The smallest absolute Gasteiger partial charge is 0.330 e. The topological polar surface area (TPSA) is 84.0 Å². The van der Waals surface area contributed by atoms with Crippen molar-refractivity contribution in [1.82, 2.24) is 9.80 Å². The molecule has 7 nitrogen and oxygen atoms in total. The number of rotatable bonds is 8. The molecule has 9 heteroatoms. The van der Waals surface area contributed by atoms with Crippen LogP contribution in [0.25, 0.3) is 0 Å². The highest BCUT2D eigenvalue weighted by atomic mass is 35.5. The van der Waals surface area contributed by atoms with Gasteiger partial charge in [0, 0.05) is 18.3 Å². The largest absolute Gasteiger partial charge is 0.454 e. The van der Waals surface area contributed by atoms with Crippen LogP contribution in [0.3, 0.4) is 0 Å². The first-order valence-electron chi connectivity index (χ1n) is 10.5. The van der Waals surface area contributed by atoms with E-state index in [2.05, 4.69) is 0 Å². The van der Waals surface area contributed by atoms with E-state index in [-0.39, 0.29) is 17.5 Å². The zero-order valence-electron chi connectivity index (χ0n) is 18.3. The number of hydrogen-bond donors (Lipinski definition) is 0. The molecule has 3 aromatic rings. The number of fused-ring (bicyclic) bond motifs is 1. The number of nitrogens with zero attached hydrogens (tertiary/aromatic N) is 2. The quantitative estimate of drug-likeness (QED) is 0.350. The fraction of sp³-hybridized carbons (Fsp3) is 0.200. The molecule has 174 valence electrons. The summed E-state index contributed by atoms with van der Waals surface area (Å²) >= 11 is 7.29. The predicted octanol–water partition coefficient (Wildman–Crippen LogP) is 3.81. The highest BCUT2D eigenvalue weighted by Gasteiger charge is 2.43. The van der Waals surface area contributed by atoms with E-state index >= 15 is 0 Å². The lowest BCUT2D eigenvalue weighted by molar-refractivity contribution is -0.155. The monoisotopic (exact) mass is 496 g/mol. The molecule has 0 N–H and O–H groups in total.